The van der Waals surface area contributed by atoms with Crippen molar-refractivity contribution in [3.05, 3.63) is 60.2 Å². The van der Waals surface area contributed by atoms with Crippen molar-refractivity contribution in [3.63, 3.8) is 0 Å². The van der Waals surface area contributed by atoms with Crippen molar-refractivity contribution < 1.29 is 13.2 Å². The maximum Gasteiger partial charge on any atom is 0.264 e. The molecule has 0 radical (unpaired) electrons. The Labute approximate surface area is 148 Å². The summed E-state index contributed by atoms with van der Waals surface area (Å²) < 4.78 is 26.7. The number of hydrogen-bond acceptors (Lipinski definition) is 3. The third kappa shape index (κ3) is 3.85. The smallest absolute Gasteiger partial charge is 0.264 e. The third-order valence-corrected chi connectivity index (χ3v) is 6.38. The van der Waals surface area contributed by atoms with Crippen LogP contribution in [-0.2, 0) is 10.0 Å². The minimum atomic E-state index is -3.66. The molecule has 0 aliphatic heterocycles. The van der Waals surface area contributed by atoms with Crippen LogP contribution in [0.3, 0.4) is 0 Å². The molecule has 0 aromatic heterocycles. The third-order valence-electron chi connectivity index (χ3n) is 4.58. The van der Waals surface area contributed by atoms with Crippen molar-refractivity contribution in [2.45, 2.75) is 30.7 Å². The summed E-state index contributed by atoms with van der Waals surface area (Å²) in [5.41, 5.74) is 1.05. The van der Waals surface area contributed by atoms with E-state index in [-0.39, 0.29) is 16.8 Å². The van der Waals surface area contributed by atoms with Crippen LogP contribution < -0.4 is 9.62 Å². The molecule has 6 heteroatoms. The zero-order valence-corrected chi connectivity index (χ0v) is 15.2. The summed E-state index contributed by atoms with van der Waals surface area (Å²) >= 11 is 0. The zero-order chi connectivity index (χ0) is 18.0. The van der Waals surface area contributed by atoms with E-state index in [1.165, 1.54) is 23.5 Å². The summed E-state index contributed by atoms with van der Waals surface area (Å²) in [4.78, 5) is 12.4. The Kier molecular flexibility index (Phi) is 4.81. The van der Waals surface area contributed by atoms with E-state index in [9.17, 15) is 13.2 Å². The van der Waals surface area contributed by atoms with Crippen molar-refractivity contribution in [1.29, 1.82) is 0 Å². The fourth-order valence-electron chi connectivity index (χ4n) is 2.72. The first-order chi connectivity index (χ1) is 11.9. The molecule has 2 aromatic rings. The predicted molar refractivity (Wildman–Crippen MR) is 98.1 cm³/mol. The first kappa shape index (κ1) is 17.5. The van der Waals surface area contributed by atoms with Gasteiger partial charge in [-0.3, -0.25) is 9.10 Å². The monoisotopic (exact) mass is 358 g/mol. The average molecular weight is 358 g/mol. The normalized spacial score (nSPS) is 15.4. The maximum absolute atomic E-state index is 12.7. The molecule has 0 unspecified atom stereocenters. The van der Waals surface area contributed by atoms with Gasteiger partial charge in [0.05, 0.1) is 10.6 Å². The lowest BCUT2D eigenvalue weighted by atomic mass is 10.1. The van der Waals surface area contributed by atoms with E-state index in [1.807, 2.05) is 13.0 Å². The van der Waals surface area contributed by atoms with Crippen LogP contribution in [0.25, 0.3) is 0 Å². The highest BCUT2D eigenvalue weighted by atomic mass is 32.2. The lowest BCUT2D eigenvalue weighted by Crippen LogP contribution is -2.34. The van der Waals surface area contributed by atoms with Gasteiger partial charge in [0.1, 0.15) is 0 Å². The lowest BCUT2D eigenvalue weighted by Gasteiger charge is -2.19. The van der Waals surface area contributed by atoms with E-state index in [2.05, 4.69) is 5.32 Å². The van der Waals surface area contributed by atoms with Crippen LogP contribution >= 0.6 is 0 Å². The van der Waals surface area contributed by atoms with Crippen LogP contribution in [0.1, 0.15) is 30.1 Å². The summed E-state index contributed by atoms with van der Waals surface area (Å²) in [5.74, 6) is 0.405. The summed E-state index contributed by atoms with van der Waals surface area (Å²) in [6, 6.07) is 15.1. The second-order valence-electron chi connectivity index (χ2n) is 6.43. The molecular weight excluding hydrogens is 336 g/mol. The van der Waals surface area contributed by atoms with Gasteiger partial charge in [-0.15, -0.1) is 0 Å². The Hall–Kier alpha value is -2.34. The minimum absolute atomic E-state index is 0.153. The second kappa shape index (κ2) is 6.88. The van der Waals surface area contributed by atoms with Gasteiger partial charge in [-0.05, 0) is 62.1 Å². The van der Waals surface area contributed by atoms with Gasteiger partial charge < -0.3 is 5.32 Å². The highest BCUT2D eigenvalue weighted by Crippen LogP contribution is 2.32. The number of rotatable bonds is 6. The largest absolute Gasteiger partial charge is 0.349 e. The standard InChI is InChI=1S/C19H22N2O3S/c1-14(15-8-9-15)20-19(22)16-10-12-18(13-11-16)25(23,24)21(2)17-6-4-3-5-7-17/h3-7,10-15H,8-9H2,1-2H3,(H,20,22)/t14-/m0/s1. The predicted octanol–water partition coefficient (Wildman–Crippen LogP) is 3.04. The molecule has 0 heterocycles. The van der Waals surface area contributed by atoms with E-state index >= 15 is 0 Å². The molecule has 25 heavy (non-hydrogen) atoms. The minimum Gasteiger partial charge on any atom is -0.349 e. The van der Waals surface area contributed by atoms with Crippen molar-refractivity contribution in [2.75, 3.05) is 11.4 Å². The van der Waals surface area contributed by atoms with Crippen LogP contribution in [0.4, 0.5) is 5.69 Å². The molecule has 1 atom stereocenters. The number of nitrogens with one attached hydrogen (secondary N) is 1. The van der Waals surface area contributed by atoms with E-state index < -0.39 is 10.0 Å². The van der Waals surface area contributed by atoms with Gasteiger partial charge in [-0.1, -0.05) is 18.2 Å². The fraction of sp³-hybridized carbons (Fsp3) is 0.316. The molecule has 2 aromatic carbocycles. The van der Waals surface area contributed by atoms with Gasteiger partial charge in [0.2, 0.25) is 0 Å². The molecule has 1 amide bonds. The highest BCUT2D eigenvalue weighted by Gasteiger charge is 2.29. The van der Waals surface area contributed by atoms with Crippen LogP contribution in [0.15, 0.2) is 59.5 Å². The van der Waals surface area contributed by atoms with Crippen molar-refractivity contribution in [3.8, 4) is 0 Å². The van der Waals surface area contributed by atoms with Crippen LogP contribution in [0.5, 0.6) is 0 Å². The molecule has 132 valence electrons. The summed E-state index contributed by atoms with van der Waals surface area (Å²) in [6.45, 7) is 2.00. The number of benzene rings is 2. The van der Waals surface area contributed by atoms with Gasteiger partial charge in [0, 0.05) is 18.7 Å². The first-order valence-electron chi connectivity index (χ1n) is 8.34. The Morgan fingerprint density at radius 3 is 2.24 bits per heavy atom. The molecule has 0 bridgehead atoms. The number of carbonyl (C=O) groups excluding carboxylic acids is 1. The topological polar surface area (TPSA) is 66.5 Å². The lowest BCUT2D eigenvalue weighted by molar-refractivity contribution is 0.0935. The molecule has 3 rings (SSSR count). The quantitative estimate of drug-likeness (QED) is 0.863. The van der Waals surface area contributed by atoms with Gasteiger partial charge in [0.15, 0.2) is 0 Å². The van der Waals surface area contributed by atoms with Crippen LogP contribution in [-0.4, -0.2) is 27.4 Å². The van der Waals surface area contributed by atoms with E-state index in [1.54, 1.807) is 36.4 Å². The molecule has 0 spiro atoms. The summed E-state index contributed by atoms with van der Waals surface area (Å²) in [5, 5.41) is 2.97. The number of carbonyl (C=O) groups is 1. The Balaban J connectivity index is 1.75. The molecule has 5 nitrogen and oxygen atoms in total. The number of nitrogens with zero attached hydrogens (tertiary/aromatic N) is 1. The molecular formula is C19H22N2O3S. The van der Waals surface area contributed by atoms with Gasteiger partial charge >= 0.3 is 0 Å². The van der Waals surface area contributed by atoms with Crippen molar-refractivity contribution in [2.24, 2.45) is 5.92 Å². The molecule has 1 aliphatic carbocycles. The summed E-state index contributed by atoms with van der Waals surface area (Å²) in [6.07, 6.45) is 2.31. The fourth-order valence-corrected chi connectivity index (χ4v) is 3.91. The number of sulfonamides is 1. The van der Waals surface area contributed by atoms with E-state index in [0.29, 0.717) is 17.2 Å². The SMILES string of the molecule is C[C@H](NC(=O)c1ccc(S(=O)(=O)N(C)c2ccccc2)cc1)C1CC1. The Morgan fingerprint density at radius 2 is 1.68 bits per heavy atom. The molecule has 1 aliphatic rings. The van der Waals surface area contributed by atoms with Crippen LogP contribution in [0.2, 0.25) is 0 Å². The number of anilines is 1. The van der Waals surface area contributed by atoms with Crippen LogP contribution in [0, 0.1) is 5.92 Å². The van der Waals surface area contributed by atoms with Gasteiger partial charge in [-0.25, -0.2) is 8.42 Å². The molecule has 0 saturated heterocycles. The van der Waals surface area contributed by atoms with E-state index in [0.717, 1.165) is 12.8 Å². The maximum atomic E-state index is 12.7. The van der Waals surface area contributed by atoms with Gasteiger partial charge in [0.25, 0.3) is 15.9 Å². The van der Waals surface area contributed by atoms with Crippen molar-refractivity contribution in [1.82, 2.24) is 5.32 Å². The number of para-hydroxylation sites is 1. The average Bonchev–Trinajstić information content (AvgIpc) is 3.47. The highest BCUT2D eigenvalue weighted by molar-refractivity contribution is 7.92. The number of amides is 1. The van der Waals surface area contributed by atoms with Crippen molar-refractivity contribution >= 4 is 21.6 Å². The van der Waals surface area contributed by atoms with Gasteiger partial charge in [-0.2, -0.15) is 0 Å². The number of hydrogen-bond donors (Lipinski definition) is 1. The second-order valence-corrected chi connectivity index (χ2v) is 8.40. The molecule has 1 N–H and O–H groups in total. The zero-order valence-electron chi connectivity index (χ0n) is 14.3. The molecule has 1 saturated carbocycles. The Morgan fingerprint density at radius 1 is 1.08 bits per heavy atom. The van der Waals surface area contributed by atoms with E-state index in [4.69, 9.17) is 0 Å². The Bertz CT molecular complexity index is 844. The summed E-state index contributed by atoms with van der Waals surface area (Å²) in [7, 11) is -2.14. The molecule has 1 fully saturated rings. The first-order valence-corrected chi connectivity index (χ1v) is 9.78.